The molecule has 1 amide bonds. The van der Waals surface area contributed by atoms with E-state index in [-0.39, 0.29) is 5.91 Å². The average molecular weight is 327 g/mol. The lowest BCUT2D eigenvalue weighted by atomic mass is 10.2. The molecule has 1 fully saturated rings. The summed E-state index contributed by atoms with van der Waals surface area (Å²) in [4.78, 5) is 13.8. The lowest BCUT2D eigenvalue weighted by Gasteiger charge is -2.23. The summed E-state index contributed by atoms with van der Waals surface area (Å²) in [6.07, 6.45) is 1.45. The van der Waals surface area contributed by atoms with Gasteiger partial charge in [0.25, 0.3) is 0 Å². The van der Waals surface area contributed by atoms with Crippen molar-refractivity contribution in [2.24, 2.45) is 0 Å². The number of hydrogen-bond acceptors (Lipinski definition) is 3. The molecule has 1 atom stereocenters. The van der Waals surface area contributed by atoms with Gasteiger partial charge in [0, 0.05) is 24.1 Å². The van der Waals surface area contributed by atoms with Gasteiger partial charge in [-0.15, -0.1) is 0 Å². The molecule has 5 heteroatoms. The van der Waals surface area contributed by atoms with Gasteiger partial charge < -0.3 is 15.0 Å². The highest BCUT2D eigenvalue weighted by Crippen LogP contribution is 2.18. The van der Waals surface area contributed by atoms with Crippen LogP contribution in [-0.4, -0.2) is 43.6 Å². The first-order valence-electron chi connectivity index (χ1n) is 6.51. The van der Waals surface area contributed by atoms with Crippen LogP contribution >= 0.6 is 15.9 Å². The van der Waals surface area contributed by atoms with Crippen LogP contribution in [-0.2, 0) is 4.79 Å². The summed E-state index contributed by atoms with van der Waals surface area (Å²) in [5.74, 6) is 0.927. The number of nitrogens with zero attached hydrogens (tertiary/aromatic N) is 1. The predicted molar refractivity (Wildman–Crippen MR) is 78.3 cm³/mol. The van der Waals surface area contributed by atoms with Gasteiger partial charge in [-0.2, -0.15) is 0 Å². The molecular formula is C14H19BrN2O2. The maximum absolute atomic E-state index is 12.0. The first-order chi connectivity index (χ1) is 9.16. The molecule has 1 aliphatic heterocycles. The van der Waals surface area contributed by atoms with Gasteiger partial charge in [0.1, 0.15) is 5.75 Å². The molecule has 1 saturated heterocycles. The smallest absolute Gasteiger partial charge is 0.226 e. The minimum atomic E-state index is 0.142. The highest BCUT2D eigenvalue weighted by atomic mass is 79.9. The number of nitrogens with one attached hydrogen (secondary N) is 1. The zero-order chi connectivity index (χ0) is 13.7. The predicted octanol–water partition coefficient (Wildman–Crippen LogP) is 2.04. The molecule has 0 aliphatic carbocycles. The number of amides is 1. The fourth-order valence-corrected chi connectivity index (χ4v) is 2.54. The first kappa shape index (κ1) is 14.3. The number of hydrogen-bond donors (Lipinski definition) is 1. The molecule has 1 aliphatic rings. The third-order valence-electron chi connectivity index (χ3n) is 3.36. The molecule has 1 aromatic rings. The maximum Gasteiger partial charge on any atom is 0.226 e. The maximum atomic E-state index is 12.0. The Bertz CT molecular complexity index is 433. The van der Waals surface area contributed by atoms with Gasteiger partial charge in [-0.3, -0.25) is 4.79 Å². The first-order valence-corrected chi connectivity index (χ1v) is 7.31. The van der Waals surface area contributed by atoms with E-state index in [0.29, 0.717) is 19.1 Å². The van der Waals surface area contributed by atoms with Crippen LogP contribution in [0.2, 0.25) is 0 Å². The Kier molecular flexibility index (Phi) is 5.22. The second kappa shape index (κ2) is 6.91. The van der Waals surface area contributed by atoms with E-state index < -0.39 is 0 Å². The van der Waals surface area contributed by atoms with Crippen LogP contribution in [0.4, 0.5) is 0 Å². The van der Waals surface area contributed by atoms with Crippen molar-refractivity contribution < 1.29 is 9.53 Å². The third kappa shape index (κ3) is 4.21. The molecule has 0 radical (unpaired) electrons. The number of carbonyl (C=O) groups is 1. The van der Waals surface area contributed by atoms with Gasteiger partial charge in [0.2, 0.25) is 5.91 Å². The van der Waals surface area contributed by atoms with Gasteiger partial charge in [-0.25, -0.2) is 0 Å². The summed E-state index contributed by atoms with van der Waals surface area (Å²) in [6.45, 7) is 2.31. The normalized spacial score (nSPS) is 18.3. The average Bonchev–Trinajstić information content (AvgIpc) is 2.91. The summed E-state index contributed by atoms with van der Waals surface area (Å²) < 4.78 is 6.55. The summed E-state index contributed by atoms with van der Waals surface area (Å²) in [5.41, 5.74) is 0. The molecule has 1 aromatic carbocycles. The highest BCUT2D eigenvalue weighted by Gasteiger charge is 2.22. The minimum absolute atomic E-state index is 0.142. The Hall–Kier alpha value is -1.07. The third-order valence-corrected chi connectivity index (χ3v) is 3.85. The van der Waals surface area contributed by atoms with Gasteiger partial charge in [-0.05, 0) is 31.2 Å². The highest BCUT2D eigenvalue weighted by molar-refractivity contribution is 9.10. The van der Waals surface area contributed by atoms with E-state index in [1.54, 1.807) is 0 Å². The SMILES string of the molecule is CN(C(=O)CCOc1cccc(Br)c1)C1CCNC1. The van der Waals surface area contributed by atoms with Crippen molar-refractivity contribution in [1.29, 1.82) is 0 Å². The van der Waals surface area contributed by atoms with E-state index >= 15 is 0 Å². The van der Waals surface area contributed by atoms with Gasteiger partial charge in [-0.1, -0.05) is 22.0 Å². The Morgan fingerprint density at radius 2 is 2.42 bits per heavy atom. The van der Waals surface area contributed by atoms with Crippen molar-refractivity contribution in [1.82, 2.24) is 10.2 Å². The van der Waals surface area contributed by atoms with E-state index in [1.807, 2.05) is 36.2 Å². The van der Waals surface area contributed by atoms with Crippen molar-refractivity contribution in [3.05, 3.63) is 28.7 Å². The molecule has 1 heterocycles. The van der Waals surface area contributed by atoms with Crippen LogP contribution in [0.1, 0.15) is 12.8 Å². The molecule has 0 aromatic heterocycles. The topological polar surface area (TPSA) is 41.6 Å². The molecule has 1 N–H and O–H groups in total. The number of rotatable bonds is 5. The molecule has 0 bridgehead atoms. The fourth-order valence-electron chi connectivity index (χ4n) is 2.16. The molecule has 2 rings (SSSR count). The van der Waals surface area contributed by atoms with Crippen LogP contribution in [0.5, 0.6) is 5.75 Å². The van der Waals surface area contributed by atoms with Crippen molar-refractivity contribution in [3.8, 4) is 5.75 Å². The van der Waals surface area contributed by atoms with Crippen molar-refractivity contribution in [3.63, 3.8) is 0 Å². The second-order valence-corrected chi connectivity index (χ2v) is 5.62. The van der Waals surface area contributed by atoms with Crippen LogP contribution in [0.3, 0.4) is 0 Å². The Labute approximate surface area is 122 Å². The van der Waals surface area contributed by atoms with Gasteiger partial charge in [0.05, 0.1) is 13.0 Å². The Balaban J connectivity index is 1.74. The number of benzene rings is 1. The van der Waals surface area contributed by atoms with Crippen LogP contribution in [0.25, 0.3) is 0 Å². The van der Waals surface area contributed by atoms with Crippen LogP contribution in [0, 0.1) is 0 Å². The number of likely N-dealkylation sites (N-methyl/N-ethyl adjacent to an activating group) is 1. The molecular weight excluding hydrogens is 308 g/mol. The Morgan fingerprint density at radius 3 is 3.11 bits per heavy atom. The largest absolute Gasteiger partial charge is 0.493 e. The van der Waals surface area contributed by atoms with Crippen LogP contribution < -0.4 is 10.1 Å². The standard InChI is InChI=1S/C14H19BrN2O2/c1-17(12-5-7-16-10-12)14(18)6-8-19-13-4-2-3-11(15)9-13/h2-4,9,12,16H,5-8,10H2,1H3. The fraction of sp³-hybridized carbons (Fsp3) is 0.500. The molecule has 0 spiro atoms. The van der Waals surface area contributed by atoms with Gasteiger partial charge in [0.15, 0.2) is 0 Å². The lowest BCUT2D eigenvalue weighted by Crippen LogP contribution is -2.38. The van der Waals surface area contributed by atoms with E-state index in [1.165, 1.54) is 0 Å². The number of halogens is 1. The number of carbonyl (C=O) groups excluding carboxylic acids is 1. The van der Waals surface area contributed by atoms with Gasteiger partial charge >= 0.3 is 0 Å². The summed E-state index contributed by atoms with van der Waals surface area (Å²) in [6, 6.07) is 7.98. The summed E-state index contributed by atoms with van der Waals surface area (Å²) in [5, 5.41) is 3.27. The zero-order valence-electron chi connectivity index (χ0n) is 11.1. The number of ether oxygens (including phenoxy) is 1. The molecule has 1 unspecified atom stereocenters. The summed E-state index contributed by atoms with van der Waals surface area (Å²) >= 11 is 3.39. The second-order valence-electron chi connectivity index (χ2n) is 4.71. The summed E-state index contributed by atoms with van der Waals surface area (Å²) in [7, 11) is 1.87. The van der Waals surface area contributed by atoms with E-state index in [2.05, 4.69) is 21.2 Å². The van der Waals surface area contributed by atoms with E-state index in [0.717, 1.165) is 29.7 Å². The van der Waals surface area contributed by atoms with Crippen LogP contribution in [0.15, 0.2) is 28.7 Å². The molecule has 19 heavy (non-hydrogen) atoms. The van der Waals surface area contributed by atoms with Crippen molar-refractivity contribution in [2.45, 2.75) is 18.9 Å². The van der Waals surface area contributed by atoms with E-state index in [9.17, 15) is 4.79 Å². The van der Waals surface area contributed by atoms with E-state index in [4.69, 9.17) is 4.74 Å². The minimum Gasteiger partial charge on any atom is -0.493 e. The zero-order valence-corrected chi connectivity index (χ0v) is 12.6. The molecule has 4 nitrogen and oxygen atoms in total. The van der Waals surface area contributed by atoms with Crippen molar-refractivity contribution >= 4 is 21.8 Å². The molecule has 0 saturated carbocycles. The lowest BCUT2D eigenvalue weighted by molar-refractivity contribution is -0.132. The van der Waals surface area contributed by atoms with Crippen molar-refractivity contribution in [2.75, 3.05) is 26.7 Å². The monoisotopic (exact) mass is 326 g/mol. The quantitative estimate of drug-likeness (QED) is 0.900. The Morgan fingerprint density at radius 1 is 1.58 bits per heavy atom. The molecule has 104 valence electrons.